The highest BCUT2D eigenvalue weighted by atomic mass is 32.2. The van der Waals surface area contributed by atoms with E-state index in [0.717, 1.165) is 17.9 Å². The van der Waals surface area contributed by atoms with E-state index < -0.39 is 10.8 Å². The van der Waals surface area contributed by atoms with Crippen LogP contribution in [-0.4, -0.2) is 27.9 Å². The summed E-state index contributed by atoms with van der Waals surface area (Å²) in [6.45, 7) is 11.1. The summed E-state index contributed by atoms with van der Waals surface area (Å²) < 4.78 is 17.6. The normalized spacial score (nSPS) is 16.5. The van der Waals surface area contributed by atoms with Gasteiger partial charge >= 0.3 is 0 Å². The molecule has 1 aromatic carbocycles. The third kappa shape index (κ3) is 4.32. The molecule has 0 fully saturated rings. The van der Waals surface area contributed by atoms with Crippen molar-refractivity contribution in [3.63, 3.8) is 0 Å². The maximum Gasteiger partial charge on any atom is 0.118 e. The van der Waals surface area contributed by atoms with Crippen LogP contribution in [0.3, 0.4) is 0 Å². The highest BCUT2D eigenvalue weighted by molar-refractivity contribution is 7.87. The summed E-state index contributed by atoms with van der Waals surface area (Å²) >= 11 is 0. The van der Waals surface area contributed by atoms with Gasteiger partial charge in [-0.05, 0) is 51.9 Å². The molecule has 0 spiro atoms. The molecule has 0 aromatic heterocycles. The fraction of sp³-hybridized carbons (Fsp3) is 0.625. The molecule has 0 aliphatic carbocycles. The summed E-state index contributed by atoms with van der Waals surface area (Å²) in [5.74, 6) is 0.841. The molecule has 0 heterocycles. The lowest BCUT2D eigenvalue weighted by Crippen LogP contribution is -2.39. The second kappa shape index (κ2) is 7.23. The van der Waals surface area contributed by atoms with Gasteiger partial charge in [0.25, 0.3) is 0 Å². The van der Waals surface area contributed by atoms with Crippen molar-refractivity contribution in [2.45, 2.75) is 50.7 Å². The van der Waals surface area contributed by atoms with E-state index in [2.05, 4.69) is 19.2 Å². The van der Waals surface area contributed by atoms with E-state index in [-0.39, 0.29) is 16.0 Å². The number of ether oxygens (including phenoxy) is 1. The smallest absolute Gasteiger partial charge is 0.118 e. The molecule has 0 saturated carbocycles. The van der Waals surface area contributed by atoms with Gasteiger partial charge in [0.2, 0.25) is 0 Å². The Kier molecular flexibility index (Phi) is 6.21. The van der Waals surface area contributed by atoms with E-state index in [1.165, 1.54) is 0 Å². The van der Waals surface area contributed by atoms with Gasteiger partial charge in [0.1, 0.15) is 5.75 Å². The molecule has 0 radical (unpaired) electrons. The third-order valence-electron chi connectivity index (χ3n) is 3.31. The Morgan fingerprint density at radius 3 is 2.20 bits per heavy atom. The van der Waals surface area contributed by atoms with E-state index in [0.29, 0.717) is 0 Å². The van der Waals surface area contributed by atoms with E-state index >= 15 is 0 Å². The van der Waals surface area contributed by atoms with Gasteiger partial charge in [-0.3, -0.25) is 4.21 Å². The first-order valence-electron chi connectivity index (χ1n) is 7.09. The Morgan fingerprint density at radius 1 is 1.25 bits per heavy atom. The van der Waals surface area contributed by atoms with Crippen LogP contribution in [0.1, 0.15) is 46.2 Å². The fourth-order valence-corrected chi connectivity index (χ4v) is 3.88. The van der Waals surface area contributed by atoms with Crippen LogP contribution in [0.5, 0.6) is 5.75 Å². The lowest BCUT2D eigenvalue weighted by atomic mass is 10.0. The first-order chi connectivity index (χ1) is 9.31. The lowest BCUT2D eigenvalue weighted by Gasteiger charge is -2.30. The van der Waals surface area contributed by atoms with Crippen molar-refractivity contribution in [2.24, 2.45) is 0 Å². The minimum Gasteiger partial charge on any atom is -0.497 e. The predicted octanol–water partition coefficient (Wildman–Crippen LogP) is 3.28. The van der Waals surface area contributed by atoms with Crippen molar-refractivity contribution in [2.75, 3.05) is 13.7 Å². The fourth-order valence-electron chi connectivity index (χ4n) is 2.27. The van der Waals surface area contributed by atoms with E-state index in [1.54, 1.807) is 7.11 Å². The van der Waals surface area contributed by atoms with Crippen LogP contribution in [-0.2, 0) is 10.8 Å². The minimum absolute atomic E-state index is 0.0448. The first-order valence-corrected chi connectivity index (χ1v) is 8.30. The Labute approximate surface area is 125 Å². The van der Waals surface area contributed by atoms with Crippen LogP contribution in [0.25, 0.3) is 0 Å². The first kappa shape index (κ1) is 17.2. The number of hydrogen-bond acceptors (Lipinski definition) is 3. The van der Waals surface area contributed by atoms with Crippen LogP contribution < -0.4 is 10.1 Å². The third-order valence-corrected chi connectivity index (χ3v) is 5.46. The van der Waals surface area contributed by atoms with E-state index in [9.17, 15) is 4.21 Å². The predicted molar refractivity (Wildman–Crippen MR) is 86.8 cm³/mol. The van der Waals surface area contributed by atoms with Gasteiger partial charge in [-0.15, -0.1) is 0 Å². The number of hydrogen-bond donors (Lipinski definition) is 1. The van der Waals surface area contributed by atoms with Crippen molar-refractivity contribution in [1.29, 1.82) is 0 Å². The lowest BCUT2D eigenvalue weighted by molar-refractivity contribution is 0.414. The van der Waals surface area contributed by atoms with Crippen LogP contribution in [0.15, 0.2) is 24.3 Å². The summed E-state index contributed by atoms with van der Waals surface area (Å²) in [6, 6.07) is 8.08. The van der Waals surface area contributed by atoms with E-state index in [1.807, 2.05) is 45.0 Å². The molecule has 114 valence electrons. The van der Waals surface area contributed by atoms with Crippen LogP contribution in [0.4, 0.5) is 0 Å². The Bertz CT molecular complexity index is 437. The molecule has 20 heavy (non-hydrogen) atoms. The summed E-state index contributed by atoms with van der Waals surface area (Å²) in [7, 11) is 0.746. The van der Waals surface area contributed by atoms with E-state index in [4.69, 9.17) is 4.74 Å². The van der Waals surface area contributed by atoms with Gasteiger partial charge in [-0.2, -0.15) is 0 Å². The summed E-state index contributed by atoms with van der Waals surface area (Å²) in [5, 5.41) is 3.50. The molecule has 3 unspecified atom stereocenters. The van der Waals surface area contributed by atoms with Gasteiger partial charge in [-0.1, -0.05) is 19.1 Å². The molecule has 3 nitrogen and oxygen atoms in total. The molecule has 1 rings (SSSR count). The standard InChI is InChI=1S/C16H27NO2S/c1-7-17-15(12(2)20(18)16(3,4)5)13-8-10-14(19-6)11-9-13/h8-12,15,17H,7H2,1-6H3. The largest absolute Gasteiger partial charge is 0.497 e. The molecule has 1 aromatic rings. The SMILES string of the molecule is CCNC(c1ccc(OC)cc1)C(C)S(=O)C(C)(C)C. The molecule has 4 heteroatoms. The van der Waals surface area contributed by atoms with Gasteiger partial charge in [0.15, 0.2) is 0 Å². The zero-order chi connectivity index (χ0) is 15.3. The topological polar surface area (TPSA) is 38.3 Å². The second-order valence-corrected chi connectivity index (χ2v) is 8.49. The number of nitrogens with one attached hydrogen (secondary N) is 1. The Hall–Kier alpha value is -0.870. The Morgan fingerprint density at radius 2 is 1.80 bits per heavy atom. The van der Waals surface area contributed by atoms with Crippen molar-refractivity contribution >= 4 is 10.8 Å². The maximum absolute atomic E-state index is 12.6. The molecule has 0 saturated heterocycles. The quantitative estimate of drug-likeness (QED) is 0.875. The number of benzene rings is 1. The molecule has 0 amide bonds. The average Bonchev–Trinajstić information content (AvgIpc) is 2.42. The molecule has 3 atom stereocenters. The van der Waals surface area contributed by atoms with Gasteiger partial charge < -0.3 is 10.1 Å². The van der Waals surface area contributed by atoms with Crippen molar-refractivity contribution in [3.8, 4) is 5.75 Å². The molecule has 1 N–H and O–H groups in total. The maximum atomic E-state index is 12.6. The zero-order valence-corrected chi connectivity index (χ0v) is 14.2. The van der Waals surface area contributed by atoms with Gasteiger partial charge in [-0.25, -0.2) is 0 Å². The minimum atomic E-state index is -0.915. The molecule has 0 bridgehead atoms. The summed E-state index contributed by atoms with van der Waals surface area (Å²) in [4.78, 5) is 0. The highest BCUT2D eigenvalue weighted by Gasteiger charge is 2.31. The van der Waals surface area contributed by atoms with Gasteiger partial charge in [0.05, 0.1) is 12.4 Å². The van der Waals surface area contributed by atoms with Crippen LogP contribution >= 0.6 is 0 Å². The van der Waals surface area contributed by atoms with Crippen LogP contribution in [0.2, 0.25) is 0 Å². The summed E-state index contributed by atoms with van der Waals surface area (Å²) in [6.07, 6.45) is 0. The van der Waals surface area contributed by atoms with Crippen molar-refractivity contribution in [1.82, 2.24) is 5.32 Å². The monoisotopic (exact) mass is 297 g/mol. The summed E-state index contributed by atoms with van der Waals surface area (Å²) in [5.41, 5.74) is 1.15. The van der Waals surface area contributed by atoms with Crippen molar-refractivity contribution < 1.29 is 8.95 Å². The molecular formula is C16H27NO2S. The van der Waals surface area contributed by atoms with Crippen molar-refractivity contribution in [3.05, 3.63) is 29.8 Å². The second-order valence-electron chi connectivity index (χ2n) is 5.92. The van der Waals surface area contributed by atoms with Gasteiger partial charge in [0, 0.05) is 21.6 Å². The number of rotatable bonds is 6. The zero-order valence-electron chi connectivity index (χ0n) is 13.4. The molecule has 0 aliphatic rings. The van der Waals surface area contributed by atoms with Crippen LogP contribution in [0, 0.1) is 0 Å². The molecule has 0 aliphatic heterocycles. The number of methoxy groups -OCH3 is 1. The highest BCUT2D eigenvalue weighted by Crippen LogP contribution is 2.27. The Balaban J connectivity index is 3.00. The average molecular weight is 297 g/mol. The molecular weight excluding hydrogens is 270 g/mol.